The van der Waals surface area contributed by atoms with Crippen molar-refractivity contribution in [2.24, 2.45) is 0 Å². The van der Waals surface area contributed by atoms with Gasteiger partial charge in [0.15, 0.2) is 0 Å². The van der Waals surface area contributed by atoms with Crippen molar-refractivity contribution >= 4 is 5.69 Å². The minimum absolute atomic E-state index is 0.180. The van der Waals surface area contributed by atoms with E-state index in [2.05, 4.69) is 5.32 Å². The summed E-state index contributed by atoms with van der Waals surface area (Å²) in [6.07, 6.45) is 3.47. The number of piperidine rings is 1. The summed E-state index contributed by atoms with van der Waals surface area (Å²) < 4.78 is 0. The second-order valence-electron chi connectivity index (χ2n) is 3.85. The van der Waals surface area contributed by atoms with Crippen LogP contribution in [0.4, 0.5) is 5.69 Å². The SMILES string of the molecule is O=[N+]([O-])c1cccc(C2CCCCN2)c1. The Labute approximate surface area is 88.5 Å². The second kappa shape index (κ2) is 4.40. The predicted octanol–water partition coefficient (Wildman–Crippen LogP) is 2.41. The van der Waals surface area contributed by atoms with Crippen LogP contribution in [0.25, 0.3) is 0 Å². The number of hydrogen-bond acceptors (Lipinski definition) is 3. The molecule has 0 radical (unpaired) electrons. The molecule has 1 unspecified atom stereocenters. The Kier molecular flexibility index (Phi) is 2.97. The van der Waals surface area contributed by atoms with E-state index in [9.17, 15) is 10.1 Å². The standard InChI is InChI=1S/C11H14N2O2/c14-13(15)10-5-3-4-9(8-10)11-6-1-2-7-12-11/h3-5,8,11-12H,1-2,6-7H2. The normalized spacial score (nSPS) is 21.2. The highest BCUT2D eigenvalue weighted by atomic mass is 16.6. The smallest absolute Gasteiger partial charge is 0.269 e. The van der Waals surface area contributed by atoms with Crippen LogP contribution in [0.3, 0.4) is 0 Å². The first-order valence-corrected chi connectivity index (χ1v) is 5.25. The molecule has 2 rings (SSSR count). The number of non-ortho nitro benzene ring substituents is 1. The molecule has 1 fully saturated rings. The van der Waals surface area contributed by atoms with Gasteiger partial charge in [0.05, 0.1) is 4.92 Å². The third kappa shape index (κ3) is 2.33. The molecule has 1 heterocycles. The van der Waals surface area contributed by atoms with Crippen LogP contribution in [-0.4, -0.2) is 11.5 Å². The monoisotopic (exact) mass is 206 g/mol. The van der Waals surface area contributed by atoms with Crippen molar-refractivity contribution in [3.05, 3.63) is 39.9 Å². The Hall–Kier alpha value is -1.42. The van der Waals surface area contributed by atoms with Gasteiger partial charge in [0.1, 0.15) is 0 Å². The molecule has 4 nitrogen and oxygen atoms in total. The van der Waals surface area contributed by atoms with Crippen molar-refractivity contribution < 1.29 is 4.92 Å². The highest BCUT2D eigenvalue weighted by Crippen LogP contribution is 2.25. The molecular formula is C11H14N2O2. The fraction of sp³-hybridized carbons (Fsp3) is 0.455. The molecule has 1 N–H and O–H groups in total. The molecule has 0 amide bonds. The summed E-state index contributed by atoms with van der Waals surface area (Å²) in [7, 11) is 0. The van der Waals surface area contributed by atoms with Crippen LogP contribution in [0.2, 0.25) is 0 Å². The Balaban J connectivity index is 2.19. The van der Waals surface area contributed by atoms with E-state index in [1.165, 1.54) is 18.9 Å². The van der Waals surface area contributed by atoms with E-state index >= 15 is 0 Å². The molecule has 15 heavy (non-hydrogen) atoms. The van der Waals surface area contributed by atoms with Crippen LogP contribution < -0.4 is 5.32 Å². The quantitative estimate of drug-likeness (QED) is 0.597. The first kappa shape index (κ1) is 10.1. The van der Waals surface area contributed by atoms with Gasteiger partial charge in [-0.15, -0.1) is 0 Å². The van der Waals surface area contributed by atoms with Gasteiger partial charge in [0.2, 0.25) is 0 Å². The summed E-state index contributed by atoms with van der Waals surface area (Å²) in [6.45, 7) is 1.01. The lowest BCUT2D eigenvalue weighted by Crippen LogP contribution is -2.26. The van der Waals surface area contributed by atoms with Gasteiger partial charge in [-0.05, 0) is 24.9 Å². The molecule has 4 heteroatoms. The van der Waals surface area contributed by atoms with E-state index in [1.54, 1.807) is 12.1 Å². The molecule has 0 aliphatic carbocycles. The zero-order chi connectivity index (χ0) is 10.7. The van der Waals surface area contributed by atoms with Gasteiger partial charge < -0.3 is 5.32 Å². The number of nitrogens with one attached hydrogen (secondary N) is 1. The lowest BCUT2D eigenvalue weighted by molar-refractivity contribution is -0.384. The average Bonchev–Trinajstić information content (AvgIpc) is 2.30. The predicted molar refractivity (Wildman–Crippen MR) is 57.7 cm³/mol. The van der Waals surface area contributed by atoms with E-state index < -0.39 is 0 Å². The molecule has 1 saturated heterocycles. The number of nitro groups is 1. The number of nitrogens with zero attached hydrogens (tertiary/aromatic N) is 1. The Bertz CT molecular complexity index is 359. The minimum Gasteiger partial charge on any atom is -0.310 e. The van der Waals surface area contributed by atoms with Crippen LogP contribution in [0.5, 0.6) is 0 Å². The molecule has 0 aromatic heterocycles. The highest BCUT2D eigenvalue weighted by molar-refractivity contribution is 5.35. The van der Waals surface area contributed by atoms with Crippen molar-refractivity contribution in [3.63, 3.8) is 0 Å². The fourth-order valence-corrected chi connectivity index (χ4v) is 1.99. The Morgan fingerprint density at radius 1 is 1.40 bits per heavy atom. The molecule has 1 aliphatic rings. The number of rotatable bonds is 2. The first-order valence-electron chi connectivity index (χ1n) is 5.25. The van der Waals surface area contributed by atoms with Crippen LogP contribution in [0, 0.1) is 10.1 Å². The van der Waals surface area contributed by atoms with Gasteiger partial charge in [-0.25, -0.2) is 0 Å². The number of nitro benzene ring substituents is 1. The van der Waals surface area contributed by atoms with Gasteiger partial charge in [0, 0.05) is 18.2 Å². The lowest BCUT2D eigenvalue weighted by Gasteiger charge is -2.23. The van der Waals surface area contributed by atoms with Crippen molar-refractivity contribution in [1.29, 1.82) is 0 Å². The van der Waals surface area contributed by atoms with Crippen molar-refractivity contribution in [3.8, 4) is 0 Å². The van der Waals surface area contributed by atoms with E-state index in [0.717, 1.165) is 18.5 Å². The molecule has 1 atom stereocenters. The summed E-state index contributed by atoms with van der Waals surface area (Å²) >= 11 is 0. The topological polar surface area (TPSA) is 55.2 Å². The Morgan fingerprint density at radius 3 is 2.93 bits per heavy atom. The van der Waals surface area contributed by atoms with E-state index in [0.29, 0.717) is 6.04 Å². The summed E-state index contributed by atoms with van der Waals surface area (Å²) in [6, 6.07) is 7.20. The third-order valence-electron chi connectivity index (χ3n) is 2.79. The maximum Gasteiger partial charge on any atom is 0.269 e. The Morgan fingerprint density at radius 2 is 2.27 bits per heavy atom. The maximum atomic E-state index is 10.6. The lowest BCUT2D eigenvalue weighted by atomic mass is 9.97. The van der Waals surface area contributed by atoms with Crippen LogP contribution in [-0.2, 0) is 0 Å². The van der Waals surface area contributed by atoms with Crippen LogP contribution >= 0.6 is 0 Å². The van der Waals surface area contributed by atoms with Crippen molar-refractivity contribution in [1.82, 2.24) is 5.32 Å². The number of benzene rings is 1. The van der Waals surface area contributed by atoms with Crippen LogP contribution in [0.15, 0.2) is 24.3 Å². The second-order valence-corrected chi connectivity index (χ2v) is 3.85. The van der Waals surface area contributed by atoms with Gasteiger partial charge in [0.25, 0.3) is 5.69 Å². The third-order valence-corrected chi connectivity index (χ3v) is 2.79. The van der Waals surface area contributed by atoms with Gasteiger partial charge >= 0.3 is 0 Å². The van der Waals surface area contributed by atoms with Gasteiger partial charge in [-0.2, -0.15) is 0 Å². The largest absolute Gasteiger partial charge is 0.310 e. The van der Waals surface area contributed by atoms with Gasteiger partial charge in [-0.1, -0.05) is 18.6 Å². The average molecular weight is 206 g/mol. The molecule has 0 saturated carbocycles. The number of hydrogen-bond donors (Lipinski definition) is 1. The van der Waals surface area contributed by atoms with Crippen molar-refractivity contribution in [2.45, 2.75) is 25.3 Å². The minimum atomic E-state index is -0.341. The summed E-state index contributed by atoms with van der Waals surface area (Å²) in [4.78, 5) is 10.3. The van der Waals surface area contributed by atoms with Crippen molar-refractivity contribution in [2.75, 3.05) is 6.54 Å². The zero-order valence-electron chi connectivity index (χ0n) is 8.48. The zero-order valence-corrected chi connectivity index (χ0v) is 8.48. The van der Waals surface area contributed by atoms with E-state index in [-0.39, 0.29) is 10.6 Å². The summed E-state index contributed by atoms with van der Waals surface area (Å²) in [5, 5.41) is 14.0. The van der Waals surface area contributed by atoms with Gasteiger partial charge in [-0.3, -0.25) is 10.1 Å². The molecule has 1 aromatic carbocycles. The molecule has 1 aromatic rings. The molecule has 80 valence electrons. The molecule has 1 aliphatic heterocycles. The summed E-state index contributed by atoms with van der Waals surface area (Å²) in [5.41, 5.74) is 1.21. The summed E-state index contributed by atoms with van der Waals surface area (Å²) in [5.74, 6) is 0. The first-order chi connectivity index (χ1) is 7.27. The highest BCUT2D eigenvalue weighted by Gasteiger charge is 2.16. The maximum absolute atomic E-state index is 10.6. The van der Waals surface area contributed by atoms with Crippen LogP contribution in [0.1, 0.15) is 30.9 Å². The molecule has 0 spiro atoms. The molecule has 0 bridgehead atoms. The van der Waals surface area contributed by atoms with E-state index in [4.69, 9.17) is 0 Å². The fourth-order valence-electron chi connectivity index (χ4n) is 1.99. The van der Waals surface area contributed by atoms with E-state index in [1.807, 2.05) is 6.07 Å². The molecular weight excluding hydrogens is 192 g/mol.